The third-order valence-corrected chi connectivity index (χ3v) is 5.08. The number of oxazole rings is 1. The summed E-state index contributed by atoms with van der Waals surface area (Å²) in [5.41, 5.74) is 1.87. The number of nitrogens with zero attached hydrogens (tertiary/aromatic N) is 4. The van der Waals surface area contributed by atoms with Crippen molar-refractivity contribution in [3.8, 4) is 11.5 Å². The topological polar surface area (TPSA) is 82.8 Å². The van der Waals surface area contributed by atoms with Crippen molar-refractivity contribution in [3.63, 3.8) is 0 Å². The molecular weight excluding hydrogens is 342 g/mol. The van der Waals surface area contributed by atoms with Gasteiger partial charge in [0.25, 0.3) is 0 Å². The predicted octanol–water partition coefficient (Wildman–Crippen LogP) is 3.15. The molecule has 0 radical (unpaired) electrons. The lowest BCUT2D eigenvalue weighted by molar-refractivity contribution is 0.540. The zero-order valence-electron chi connectivity index (χ0n) is 13.6. The Hall–Kier alpha value is -1.93. The maximum absolute atomic E-state index is 6.06. The fourth-order valence-electron chi connectivity index (χ4n) is 2.17. The van der Waals surface area contributed by atoms with E-state index in [1.54, 1.807) is 16.4 Å². The normalized spacial score (nSPS) is 11.1. The van der Waals surface area contributed by atoms with E-state index in [0.29, 0.717) is 16.8 Å². The van der Waals surface area contributed by atoms with Gasteiger partial charge >= 0.3 is 0 Å². The third kappa shape index (κ3) is 3.76. The molecule has 0 amide bonds. The number of rotatable bonds is 7. The summed E-state index contributed by atoms with van der Waals surface area (Å²) in [5, 5.41) is 9.00. The highest BCUT2D eigenvalue weighted by molar-refractivity contribution is 7.98. The van der Waals surface area contributed by atoms with Gasteiger partial charge in [0, 0.05) is 23.5 Å². The van der Waals surface area contributed by atoms with E-state index in [2.05, 4.69) is 21.4 Å². The van der Waals surface area contributed by atoms with Gasteiger partial charge in [-0.15, -0.1) is 10.2 Å². The van der Waals surface area contributed by atoms with Crippen LogP contribution in [-0.4, -0.2) is 31.9 Å². The molecule has 0 aliphatic rings. The molecule has 0 aliphatic carbocycles. The summed E-state index contributed by atoms with van der Waals surface area (Å²) in [6, 6.07) is 9.87. The molecule has 2 aromatic heterocycles. The van der Waals surface area contributed by atoms with Crippen LogP contribution in [-0.2, 0) is 12.2 Å². The van der Waals surface area contributed by atoms with Gasteiger partial charge in [-0.1, -0.05) is 30.0 Å². The van der Waals surface area contributed by atoms with Crippen LogP contribution in [0, 0.1) is 6.92 Å². The van der Waals surface area contributed by atoms with Crippen molar-refractivity contribution in [2.24, 2.45) is 0 Å². The molecule has 0 fully saturated rings. The summed E-state index contributed by atoms with van der Waals surface area (Å²) < 4.78 is 7.34. The van der Waals surface area contributed by atoms with E-state index in [4.69, 9.17) is 10.3 Å². The second-order valence-electron chi connectivity index (χ2n) is 5.19. The minimum absolute atomic E-state index is 0.638. The molecule has 0 aliphatic heterocycles. The van der Waals surface area contributed by atoms with Crippen LogP contribution in [0.5, 0.6) is 0 Å². The minimum atomic E-state index is 0.638. The maximum atomic E-state index is 6.06. The van der Waals surface area contributed by atoms with Gasteiger partial charge in [0.2, 0.25) is 11.0 Å². The number of nitrogen functional groups attached to an aromatic ring is 1. The van der Waals surface area contributed by atoms with E-state index in [-0.39, 0.29) is 0 Å². The lowest BCUT2D eigenvalue weighted by Gasteiger charge is -2.02. The van der Waals surface area contributed by atoms with Gasteiger partial charge < -0.3 is 10.3 Å². The van der Waals surface area contributed by atoms with Crippen LogP contribution in [0.4, 0.5) is 0 Å². The molecule has 0 spiro atoms. The monoisotopic (exact) mass is 361 g/mol. The second-order valence-corrected chi connectivity index (χ2v) is 7.12. The first-order valence-corrected chi connectivity index (χ1v) is 9.90. The highest BCUT2D eigenvalue weighted by Gasteiger charge is 2.14. The molecule has 2 N–H and O–H groups in total. The molecule has 0 atom stereocenters. The van der Waals surface area contributed by atoms with E-state index in [1.807, 2.05) is 37.3 Å². The van der Waals surface area contributed by atoms with E-state index >= 15 is 0 Å². The maximum Gasteiger partial charge on any atom is 0.226 e. The molecule has 1 aromatic carbocycles. The standard InChI is InChI=1S/C16H19N5OS2/c1-11-13(18-15(22-11)12-6-4-3-5-7-12)10-24-16-20-19-14(21(16)17)8-9-23-2/h3-7H,8-10,17H2,1-2H3. The van der Waals surface area contributed by atoms with Gasteiger partial charge in [0.1, 0.15) is 5.76 Å². The molecule has 2 heterocycles. The van der Waals surface area contributed by atoms with Crippen LogP contribution in [0.15, 0.2) is 39.9 Å². The Morgan fingerprint density at radius 1 is 1.21 bits per heavy atom. The molecule has 3 rings (SSSR count). The van der Waals surface area contributed by atoms with Crippen LogP contribution in [0.25, 0.3) is 11.5 Å². The summed E-state index contributed by atoms with van der Waals surface area (Å²) in [7, 11) is 0. The van der Waals surface area contributed by atoms with E-state index in [1.165, 1.54) is 11.8 Å². The molecule has 126 valence electrons. The minimum Gasteiger partial charge on any atom is -0.441 e. The second kappa shape index (κ2) is 7.76. The molecule has 0 saturated heterocycles. The fraction of sp³-hybridized carbons (Fsp3) is 0.312. The number of hydrogen-bond donors (Lipinski definition) is 1. The van der Waals surface area contributed by atoms with Gasteiger partial charge in [0.05, 0.1) is 5.69 Å². The summed E-state index contributed by atoms with van der Waals surface area (Å²) in [6.07, 6.45) is 2.87. The van der Waals surface area contributed by atoms with E-state index in [0.717, 1.165) is 35.0 Å². The first-order valence-electron chi connectivity index (χ1n) is 7.52. The van der Waals surface area contributed by atoms with Crippen LogP contribution in [0.3, 0.4) is 0 Å². The van der Waals surface area contributed by atoms with Crippen molar-refractivity contribution >= 4 is 23.5 Å². The number of aromatic nitrogens is 4. The SMILES string of the molecule is CSCCc1nnc(SCc2nc(-c3ccccc3)oc2C)n1N. The summed E-state index contributed by atoms with van der Waals surface area (Å²) in [4.78, 5) is 4.59. The predicted molar refractivity (Wildman–Crippen MR) is 98.5 cm³/mol. The van der Waals surface area contributed by atoms with Crippen molar-refractivity contribution in [1.29, 1.82) is 0 Å². The largest absolute Gasteiger partial charge is 0.441 e. The average molecular weight is 361 g/mol. The lowest BCUT2D eigenvalue weighted by atomic mass is 10.2. The highest BCUT2D eigenvalue weighted by Crippen LogP contribution is 2.26. The van der Waals surface area contributed by atoms with Gasteiger partial charge in [-0.25, -0.2) is 9.66 Å². The number of aryl methyl sites for hydroxylation is 2. The third-order valence-electron chi connectivity index (χ3n) is 3.52. The number of hydrogen-bond acceptors (Lipinski definition) is 7. The number of thioether (sulfide) groups is 2. The highest BCUT2D eigenvalue weighted by atomic mass is 32.2. The van der Waals surface area contributed by atoms with E-state index in [9.17, 15) is 0 Å². The fourth-order valence-corrected chi connectivity index (χ4v) is 3.43. The van der Waals surface area contributed by atoms with Gasteiger partial charge in [-0.05, 0) is 25.3 Å². The van der Waals surface area contributed by atoms with Gasteiger partial charge in [-0.3, -0.25) is 0 Å². The van der Waals surface area contributed by atoms with Crippen molar-refractivity contribution in [1.82, 2.24) is 19.9 Å². The molecule has 0 saturated carbocycles. The zero-order chi connectivity index (χ0) is 16.9. The Bertz CT molecular complexity index is 800. The average Bonchev–Trinajstić information content (AvgIpc) is 3.15. The molecule has 24 heavy (non-hydrogen) atoms. The molecule has 0 unspecified atom stereocenters. The molecule has 3 aromatic rings. The first-order chi connectivity index (χ1) is 11.7. The van der Waals surface area contributed by atoms with Gasteiger partial charge in [-0.2, -0.15) is 11.8 Å². The Morgan fingerprint density at radius 3 is 2.75 bits per heavy atom. The molecule has 0 bridgehead atoms. The van der Waals surface area contributed by atoms with Crippen molar-refractivity contribution in [2.45, 2.75) is 24.3 Å². The summed E-state index contributed by atoms with van der Waals surface area (Å²) in [6.45, 7) is 1.92. The van der Waals surface area contributed by atoms with Crippen LogP contribution in [0.1, 0.15) is 17.3 Å². The van der Waals surface area contributed by atoms with Crippen LogP contribution < -0.4 is 5.84 Å². The Labute approximate surface area is 149 Å². The molecule has 8 heteroatoms. The van der Waals surface area contributed by atoms with Crippen LogP contribution >= 0.6 is 23.5 Å². The smallest absolute Gasteiger partial charge is 0.226 e. The Balaban J connectivity index is 1.69. The van der Waals surface area contributed by atoms with Crippen molar-refractivity contribution in [3.05, 3.63) is 47.6 Å². The molecule has 6 nitrogen and oxygen atoms in total. The van der Waals surface area contributed by atoms with Crippen molar-refractivity contribution in [2.75, 3.05) is 17.9 Å². The molecular formula is C16H19N5OS2. The quantitative estimate of drug-likeness (QED) is 0.511. The zero-order valence-corrected chi connectivity index (χ0v) is 15.2. The Kier molecular flexibility index (Phi) is 5.47. The first kappa shape index (κ1) is 16.9. The summed E-state index contributed by atoms with van der Waals surface area (Å²) >= 11 is 3.27. The Morgan fingerprint density at radius 2 is 2.00 bits per heavy atom. The van der Waals surface area contributed by atoms with Crippen molar-refractivity contribution < 1.29 is 4.42 Å². The van der Waals surface area contributed by atoms with E-state index < -0.39 is 0 Å². The number of nitrogens with two attached hydrogens (primary N) is 1. The summed E-state index contributed by atoms with van der Waals surface area (Å²) in [5.74, 6) is 9.92. The lowest BCUT2D eigenvalue weighted by Crippen LogP contribution is -2.14. The van der Waals surface area contributed by atoms with Crippen LogP contribution in [0.2, 0.25) is 0 Å². The number of benzene rings is 1. The van der Waals surface area contributed by atoms with Gasteiger partial charge in [0.15, 0.2) is 5.82 Å².